The summed E-state index contributed by atoms with van der Waals surface area (Å²) in [6, 6.07) is 0. The van der Waals surface area contributed by atoms with E-state index in [1.165, 1.54) is 12.8 Å². The van der Waals surface area contributed by atoms with Gasteiger partial charge in [-0.1, -0.05) is 25.8 Å². The van der Waals surface area contributed by atoms with Crippen molar-refractivity contribution in [1.29, 1.82) is 0 Å². The van der Waals surface area contributed by atoms with E-state index in [2.05, 4.69) is 19.9 Å². The summed E-state index contributed by atoms with van der Waals surface area (Å²) < 4.78 is 0. The largest absolute Gasteiger partial charge is 0.103 e. The summed E-state index contributed by atoms with van der Waals surface area (Å²) in [7, 11) is 0. The van der Waals surface area contributed by atoms with Crippen LogP contribution in [0.1, 0.15) is 26.2 Å². The van der Waals surface area contributed by atoms with E-state index in [1.807, 2.05) is 6.08 Å². The molecule has 0 atom stereocenters. The van der Waals surface area contributed by atoms with Crippen molar-refractivity contribution in [2.45, 2.75) is 26.2 Å². The minimum atomic E-state index is 1.06. The van der Waals surface area contributed by atoms with Gasteiger partial charge in [0.25, 0.3) is 0 Å². The molecule has 0 aliphatic rings. The molecule has 0 nitrogen and oxygen atoms in total. The maximum Gasteiger partial charge on any atom is -0.0322 e. The standard InChI is InChI=1S/C7H13/c1-3-5-7-6-4-2/h3,7H,1,4-6H2,2H3. The zero-order valence-electron chi connectivity index (χ0n) is 4.98. The predicted molar refractivity (Wildman–Crippen MR) is 34.0 cm³/mol. The average Bonchev–Trinajstić information content (AvgIpc) is 1.69. The van der Waals surface area contributed by atoms with Gasteiger partial charge in [-0.05, 0) is 12.8 Å². The Hall–Kier alpha value is -0.260. The second-order valence-electron chi connectivity index (χ2n) is 1.60. The summed E-state index contributed by atoms with van der Waals surface area (Å²) in [4.78, 5) is 0. The van der Waals surface area contributed by atoms with Gasteiger partial charge in [0.15, 0.2) is 0 Å². The monoisotopic (exact) mass is 97.1 g/mol. The highest BCUT2D eigenvalue weighted by Gasteiger charge is 1.78. The molecule has 0 aromatic rings. The molecule has 0 aliphatic heterocycles. The Morgan fingerprint density at radius 2 is 2.29 bits per heavy atom. The van der Waals surface area contributed by atoms with Crippen LogP contribution >= 0.6 is 0 Å². The van der Waals surface area contributed by atoms with Crippen molar-refractivity contribution in [2.75, 3.05) is 0 Å². The van der Waals surface area contributed by atoms with Crippen LogP contribution in [0, 0.1) is 6.42 Å². The van der Waals surface area contributed by atoms with Crippen LogP contribution in [0.15, 0.2) is 12.7 Å². The van der Waals surface area contributed by atoms with Crippen LogP contribution in [0.4, 0.5) is 0 Å². The second-order valence-corrected chi connectivity index (χ2v) is 1.60. The van der Waals surface area contributed by atoms with E-state index in [-0.39, 0.29) is 0 Å². The lowest BCUT2D eigenvalue weighted by Gasteiger charge is -1.87. The zero-order chi connectivity index (χ0) is 5.54. The summed E-state index contributed by atoms with van der Waals surface area (Å²) in [5.74, 6) is 0. The van der Waals surface area contributed by atoms with Crippen molar-refractivity contribution < 1.29 is 0 Å². The summed E-state index contributed by atoms with van der Waals surface area (Å²) in [5, 5.41) is 0. The molecule has 0 amide bonds. The molecular formula is C7H13. The second kappa shape index (κ2) is 5.74. The number of unbranched alkanes of at least 4 members (excludes halogenated alkanes) is 3. The molecule has 0 aliphatic carbocycles. The molecule has 0 heteroatoms. The number of hydrogen-bond donors (Lipinski definition) is 0. The van der Waals surface area contributed by atoms with Gasteiger partial charge in [0.05, 0.1) is 0 Å². The van der Waals surface area contributed by atoms with E-state index >= 15 is 0 Å². The third-order valence-corrected chi connectivity index (χ3v) is 0.826. The third-order valence-electron chi connectivity index (χ3n) is 0.826. The van der Waals surface area contributed by atoms with Crippen molar-refractivity contribution in [1.82, 2.24) is 0 Å². The molecule has 41 valence electrons. The Bertz CT molecular complexity index is 37.3. The van der Waals surface area contributed by atoms with E-state index in [1.54, 1.807) is 0 Å². The third kappa shape index (κ3) is 5.74. The molecule has 0 saturated heterocycles. The molecule has 0 rings (SSSR count). The lowest BCUT2D eigenvalue weighted by molar-refractivity contribution is 0.874. The highest BCUT2D eigenvalue weighted by molar-refractivity contribution is 4.76. The van der Waals surface area contributed by atoms with Gasteiger partial charge in [0, 0.05) is 0 Å². The first-order chi connectivity index (χ1) is 3.41. The lowest BCUT2D eigenvalue weighted by atomic mass is 10.2. The van der Waals surface area contributed by atoms with Gasteiger partial charge in [-0.3, -0.25) is 0 Å². The predicted octanol–water partition coefficient (Wildman–Crippen LogP) is 2.57. The molecule has 0 saturated carbocycles. The Morgan fingerprint density at radius 1 is 1.57 bits per heavy atom. The highest BCUT2D eigenvalue weighted by Crippen LogP contribution is 1.95. The number of allylic oxidation sites excluding steroid dienone is 1. The molecule has 0 aromatic carbocycles. The summed E-state index contributed by atoms with van der Waals surface area (Å²) in [5.41, 5.74) is 0. The topological polar surface area (TPSA) is 0 Å². The molecule has 1 radical (unpaired) electrons. The highest BCUT2D eigenvalue weighted by atomic mass is 13.8. The van der Waals surface area contributed by atoms with Crippen molar-refractivity contribution in [2.24, 2.45) is 0 Å². The first-order valence-corrected chi connectivity index (χ1v) is 2.84. The normalized spacial score (nSPS) is 8.71. The van der Waals surface area contributed by atoms with Gasteiger partial charge in [-0.15, -0.1) is 6.58 Å². The smallest absolute Gasteiger partial charge is 0.0322 e. The van der Waals surface area contributed by atoms with E-state index in [0.717, 1.165) is 6.42 Å². The van der Waals surface area contributed by atoms with Crippen LogP contribution in [0.3, 0.4) is 0 Å². The first-order valence-electron chi connectivity index (χ1n) is 2.84. The van der Waals surface area contributed by atoms with Crippen molar-refractivity contribution >= 4 is 0 Å². The van der Waals surface area contributed by atoms with Crippen LogP contribution in [0.5, 0.6) is 0 Å². The molecule has 0 spiro atoms. The minimum absolute atomic E-state index is 1.06. The SMILES string of the molecule is C=CC[CH]CCC. The molecule has 0 bridgehead atoms. The Labute approximate surface area is 46.2 Å². The van der Waals surface area contributed by atoms with Gasteiger partial charge in [0.1, 0.15) is 0 Å². The van der Waals surface area contributed by atoms with Crippen LogP contribution in [0.25, 0.3) is 0 Å². The Morgan fingerprint density at radius 3 is 2.71 bits per heavy atom. The number of hydrogen-bond acceptors (Lipinski definition) is 0. The first kappa shape index (κ1) is 6.74. The molecule has 0 N–H and O–H groups in total. The summed E-state index contributed by atoms with van der Waals surface area (Å²) in [6.07, 6.45) is 7.72. The minimum Gasteiger partial charge on any atom is -0.103 e. The van der Waals surface area contributed by atoms with E-state index in [0.29, 0.717) is 0 Å². The van der Waals surface area contributed by atoms with Gasteiger partial charge >= 0.3 is 0 Å². The molecule has 0 unspecified atom stereocenters. The molecular weight excluding hydrogens is 84.1 g/mol. The zero-order valence-corrected chi connectivity index (χ0v) is 4.98. The molecule has 0 fully saturated rings. The van der Waals surface area contributed by atoms with Gasteiger partial charge < -0.3 is 0 Å². The van der Waals surface area contributed by atoms with Crippen LogP contribution in [-0.4, -0.2) is 0 Å². The van der Waals surface area contributed by atoms with E-state index in [4.69, 9.17) is 0 Å². The quantitative estimate of drug-likeness (QED) is 0.373. The fourth-order valence-electron chi connectivity index (χ4n) is 0.440. The fourth-order valence-corrected chi connectivity index (χ4v) is 0.440. The van der Waals surface area contributed by atoms with Crippen molar-refractivity contribution in [3.8, 4) is 0 Å². The maximum absolute atomic E-state index is 3.60. The molecule has 0 heterocycles. The van der Waals surface area contributed by atoms with E-state index < -0.39 is 0 Å². The summed E-state index contributed by atoms with van der Waals surface area (Å²) >= 11 is 0. The average molecular weight is 97.2 g/mol. The molecule has 7 heavy (non-hydrogen) atoms. The Kier molecular flexibility index (Phi) is 5.53. The summed E-state index contributed by atoms with van der Waals surface area (Å²) in [6.45, 7) is 5.78. The van der Waals surface area contributed by atoms with Crippen molar-refractivity contribution in [3.05, 3.63) is 19.1 Å². The van der Waals surface area contributed by atoms with Gasteiger partial charge in [-0.2, -0.15) is 0 Å². The van der Waals surface area contributed by atoms with Crippen LogP contribution < -0.4 is 0 Å². The van der Waals surface area contributed by atoms with Crippen LogP contribution in [0.2, 0.25) is 0 Å². The molecule has 0 aromatic heterocycles. The maximum atomic E-state index is 3.60. The lowest BCUT2D eigenvalue weighted by Crippen LogP contribution is -1.69. The van der Waals surface area contributed by atoms with Gasteiger partial charge in [0.2, 0.25) is 0 Å². The van der Waals surface area contributed by atoms with Crippen molar-refractivity contribution in [3.63, 3.8) is 0 Å². The van der Waals surface area contributed by atoms with Gasteiger partial charge in [-0.25, -0.2) is 0 Å². The fraction of sp³-hybridized carbons (Fsp3) is 0.571. The van der Waals surface area contributed by atoms with E-state index in [9.17, 15) is 0 Å². The number of rotatable bonds is 4. The Balaban J connectivity index is 2.56. The van der Waals surface area contributed by atoms with Crippen LogP contribution in [-0.2, 0) is 0 Å².